The number of carbonyl (C=O) groups is 3. The molecule has 146 valence electrons. The lowest BCUT2D eigenvalue weighted by Crippen LogP contribution is -2.28. The summed E-state index contributed by atoms with van der Waals surface area (Å²) in [5, 5.41) is 5.02. The summed E-state index contributed by atoms with van der Waals surface area (Å²) in [4.78, 5) is 36.4. The van der Waals surface area contributed by atoms with E-state index in [-0.39, 0.29) is 33.2 Å². The average Bonchev–Trinajstić information content (AvgIpc) is 3.47. The minimum Gasteiger partial charge on any atom is -0.452 e. The Kier molecular flexibility index (Phi) is 6.16. The third-order valence-electron chi connectivity index (χ3n) is 3.92. The second kappa shape index (κ2) is 8.58. The highest BCUT2D eigenvalue weighted by Gasteiger charge is 2.25. The molecule has 3 rings (SSSR count). The van der Waals surface area contributed by atoms with Gasteiger partial charge >= 0.3 is 5.97 Å². The zero-order valence-corrected chi connectivity index (χ0v) is 15.9. The van der Waals surface area contributed by atoms with Crippen molar-refractivity contribution in [2.75, 3.05) is 11.9 Å². The molecule has 0 atom stereocenters. The number of ether oxygens (including phenoxy) is 1. The molecule has 0 saturated heterocycles. The van der Waals surface area contributed by atoms with Crippen molar-refractivity contribution >= 4 is 46.7 Å². The highest BCUT2D eigenvalue weighted by molar-refractivity contribution is 6.36. The highest BCUT2D eigenvalue weighted by Crippen LogP contribution is 2.25. The Morgan fingerprint density at radius 1 is 1.07 bits per heavy atom. The van der Waals surface area contributed by atoms with E-state index in [0.29, 0.717) is 5.56 Å². The van der Waals surface area contributed by atoms with Gasteiger partial charge in [-0.1, -0.05) is 35.3 Å². The number of esters is 1. The summed E-state index contributed by atoms with van der Waals surface area (Å²) in [7, 11) is 0. The number of amides is 2. The van der Waals surface area contributed by atoms with Gasteiger partial charge in [0, 0.05) is 6.04 Å². The van der Waals surface area contributed by atoms with Crippen LogP contribution in [0.2, 0.25) is 10.0 Å². The number of para-hydroxylation sites is 1. The molecule has 9 heteroatoms. The van der Waals surface area contributed by atoms with Crippen LogP contribution in [0.15, 0.2) is 36.4 Å². The number of hydrogen-bond donors (Lipinski definition) is 2. The largest absolute Gasteiger partial charge is 0.452 e. The molecule has 1 aliphatic carbocycles. The van der Waals surface area contributed by atoms with E-state index < -0.39 is 24.3 Å². The molecular formula is C19H15Cl2FN2O4. The molecule has 0 bridgehead atoms. The van der Waals surface area contributed by atoms with E-state index in [2.05, 4.69) is 10.6 Å². The minimum absolute atomic E-state index is 0.0982. The minimum atomic E-state index is -0.976. The van der Waals surface area contributed by atoms with E-state index in [1.807, 2.05) is 0 Å². The van der Waals surface area contributed by atoms with Crippen molar-refractivity contribution in [3.8, 4) is 0 Å². The van der Waals surface area contributed by atoms with Crippen LogP contribution in [-0.4, -0.2) is 30.4 Å². The quantitative estimate of drug-likeness (QED) is 0.545. The maximum Gasteiger partial charge on any atom is 0.340 e. The first kappa shape index (κ1) is 20.1. The monoisotopic (exact) mass is 424 g/mol. The van der Waals surface area contributed by atoms with Crippen molar-refractivity contribution in [3.05, 3.63) is 63.4 Å². The van der Waals surface area contributed by atoms with Crippen molar-refractivity contribution in [3.63, 3.8) is 0 Å². The van der Waals surface area contributed by atoms with Crippen molar-refractivity contribution in [1.29, 1.82) is 0 Å². The maximum absolute atomic E-state index is 13.5. The summed E-state index contributed by atoms with van der Waals surface area (Å²) in [6.07, 6.45) is 1.87. The molecule has 1 fully saturated rings. The van der Waals surface area contributed by atoms with E-state index in [9.17, 15) is 18.8 Å². The first-order chi connectivity index (χ1) is 13.3. The molecule has 6 nitrogen and oxygen atoms in total. The topological polar surface area (TPSA) is 84.5 Å². The van der Waals surface area contributed by atoms with Crippen molar-refractivity contribution < 1.29 is 23.5 Å². The van der Waals surface area contributed by atoms with Gasteiger partial charge in [-0.05, 0) is 37.1 Å². The molecule has 0 spiro atoms. The molecule has 0 aliphatic heterocycles. The van der Waals surface area contributed by atoms with Crippen molar-refractivity contribution in [1.82, 2.24) is 5.32 Å². The number of rotatable bonds is 6. The summed E-state index contributed by atoms with van der Waals surface area (Å²) < 4.78 is 18.4. The second-order valence-corrected chi connectivity index (χ2v) is 6.98. The Hall–Kier alpha value is -2.64. The summed E-state index contributed by atoms with van der Waals surface area (Å²) in [5.74, 6) is -2.77. The van der Waals surface area contributed by atoms with Crippen LogP contribution in [0.3, 0.4) is 0 Å². The number of anilines is 1. The SMILES string of the molecule is O=C(COC(=O)c1cc(F)c(Cl)cc1Cl)Nc1ccccc1C(=O)NC1CC1. The van der Waals surface area contributed by atoms with Crippen LogP contribution < -0.4 is 10.6 Å². The van der Waals surface area contributed by atoms with E-state index in [4.69, 9.17) is 27.9 Å². The van der Waals surface area contributed by atoms with Gasteiger partial charge in [-0.15, -0.1) is 0 Å². The summed E-state index contributed by atoms with van der Waals surface area (Å²) in [6, 6.07) is 8.55. The molecular weight excluding hydrogens is 410 g/mol. The molecule has 0 radical (unpaired) electrons. The lowest BCUT2D eigenvalue weighted by atomic mass is 10.1. The highest BCUT2D eigenvalue weighted by atomic mass is 35.5. The number of hydrogen-bond acceptors (Lipinski definition) is 4. The van der Waals surface area contributed by atoms with Crippen LogP contribution in [0, 0.1) is 5.82 Å². The molecule has 2 amide bonds. The molecule has 2 aromatic carbocycles. The summed E-state index contributed by atoms with van der Waals surface area (Å²) in [6.45, 7) is -0.641. The molecule has 1 aliphatic rings. The van der Waals surface area contributed by atoms with Crippen molar-refractivity contribution in [2.24, 2.45) is 0 Å². The predicted molar refractivity (Wildman–Crippen MR) is 102 cm³/mol. The van der Waals surface area contributed by atoms with Crippen LogP contribution in [-0.2, 0) is 9.53 Å². The van der Waals surface area contributed by atoms with Gasteiger partial charge in [0.25, 0.3) is 11.8 Å². The van der Waals surface area contributed by atoms with Gasteiger partial charge < -0.3 is 15.4 Å². The van der Waals surface area contributed by atoms with Gasteiger partial charge in [-0.2, -0.15) is 0 Å². The Balaban J connectivity index is 1.61. The first-order valence-corrected chi connectivity index (χ1v) is 9.12. The van der Waals surface area contributed by atoms with E-state index >= 15 is 0 Å². The van der Waals surface area contributed by atoms with Gasteiger partial charge in [0.2, 0.25) is 0 Å². The van der Waals surface area contributed by atoms with Crippen LogP contribution in [0.5, 0.6) is 0 Å². The maximum atomic E-state index is 13.5. The Morgan fingerprint density at radius 3 is 2.50 bits per heavy atom. The van der Waals surface area contributed by atoms with Crippen LogP contribution >= 0.6 is 23.2 Å². The molecule has 28 heavy (non-hydrogen) atoms. The lowest BCUT2D eigenvalue weighted by molar-refractivity contribution is -0.119. The normalized spacial score (nSPS) is 13.0. The first-order valence-electron chi connectivity index (χ1n) is 8.36. The summed E-state index contributed by atoms with van der Waals surface area (Å²) in [5.41, 5.74) is 0.342. The lowest BCUT2D eigenvalue weighted by Gasteiger charge is -2.11. The molecule has 0 heterocycles. The number of carbonyl (C=O) groups excluding carboxylic acids is 3. The Labute approximate surface area is 170 Å². The van der Waals surface area contributed by atoms with Gasteiger partial charge in [0.1, 0.15) is 5.82 Å². The zero-order chi connectivity index (χ0) is 20.3. The standard InChI is InChI=1S/C19H15Cl2FN2O4/c20-13-8-14(21)15(22)7-12(13)19(27)28-9-17(25)24-16-4-2-1-3-11(16)18(26)23-10-5-6-10/h1-4,7-8,10H,5-6,9H2,(H,23,26)(H,24,25). The second-order valence-electron chi connectivity index (χ2n) is 6.16. The van der Waals surface area contributed by atoms with Gasteiger partial charge in [0.15, 0.2) is 6.61 Å². The van der Waals surface area contributed by atoms with Crippen LogP contribution in [0.1, 0.15) is 33.6 Å². The fraction of sp³-hybridized carbons (Fsp3) is 0.211. The van der Waals surface area contributed by atoms with E-state index in [0.717, 1.165) is 25.0 Å². The fourth-order valence-electron chi connectivity index (χ4n) is 2.36. The van der Waals surface area contributed by atoms with Crippen LogP contribution in [0.4, 0.5) is 10.1 Å². The fourth-order valence-corrected chi connectivity index (χ4v) is 2.82. The van der Waals surface area contributed by atoms with Crippen molar-refractivity contribution in [2.45, 2.75) is 18.9 Å². The van der Waals surface area contributed by atoms with Gasteiger partial charge in [-0.3, -0.25) is 9.59 Å². The predicted octanol–water partition coefficient (Wildman–Crippen LogP) is 3.82. The average molecular weight is 425 g/mol. The Morgan fingerprint density at radius 2 is 1.79 bits per heavy atom. The third kappa shape index (κ3) is 4.99. The van der Waals surface area contributed by atoms with E-state index in [1.54, 1.807) is 24.3 Å². The number of halogens is 3. The number of benzene rings is 2. The third-order valence-corrected chi connectivity index (χ3v) is 4.52. The molecule has 0 unspecified atom stereocenters. The molecule has 1 saturated carbocycles. The van der Waals surface area contributed by atoms with Crippen LogP contribution in [0.25, 0.3) is 0 Å². The van der Waals surface area contributed by atoms with Gasteiger partial charge in [-0.25, -0.2) is 9.18 Å². The smallest absolute Gasteiger partial charge is 0.340 e. The molecule has 2 N–H and O–H groups in total. The number of nitrogens with one attached hydrogen (secondary N) is 2. The molecule has 2 aromatic rings. The molecule has 0 aromatic heterocycles. The van der Waals surface area contributed by atoms with Gasteiger partial charge in [0.05, 0.1) is 26.9 Å². The van der Waals surface area contributed by atoms with E-state index in [1.165, 1.54) is 0 Å². The summed E-state index contributed by atoms with van der Waals surface area (Å²) >= 11 is 11.4. The zero-order valence-electron chi connectivity index (χ0n) is 14.4. The Bertz CT molecular complexity index is 948.